The van der Waals surface area contributed by atoms with Gasteiger partial charge in [0.2, 0.25) is 0 Å². The van der Waals surface area contributed by atoms with Crippen LogP contribution in [-0.4, -0.2) is 38.2 Å². The Hall–Kier alpha value is -1.75. The maximum Gasteiger partial charge on any atom is 0.303 e. The van der Waals surface area contributed by atoms with Crippen molar-refractivity contribution in [1.29, 1.82) is 0 Å². The molecule has 0 aromatic heterocycles. The predicted octanol–water partition coefficient (Wildman–Crippen LogP) is 0.802. The van der Waals surface area contributed by atoms with Gasteiger partial charge < -0.3 is 19.5 Å². The lowest BCUT2D eigenvalue weighted by Crippen LogP contribution is -2.56. The first-order valence-electron chi connectivity index (χ1n) is 11.3. The van der Waals surface area contributed by atoms with Gasteiger partial charge in [0.1, 0.15) is 0 Å². The van der Waals surface area contributed by atoms with Crippen LogP contribution in [0.1, 0.15) is 17.8 Å². The van der Waals surface area contributed by atoms with E-state index in [9.17, 15) is 0 Å². The van der Waals surface area contributed by atoms with Crippen molar-refractivity contribution in [3.63, 3.8) is 0 Å². The van der Waals surface area contributed by atoms with Crippen LogP contribution in [0.25, 0.3) is 0 Å². The molecule has 1 aromatic rings. The molecule has 0 saturated carbocycles. The number of benzene rings is 1. The van der Waals surface area contributed by atoms with E-state index in [2.05, 4.69) is 4.99 Å². The van der Waals surface area contributed by atoms with E-state index in [1.54, 1.807) is 0 Å². The van der Waals surface area contributed by atoms with Crippen molar-refractivity contribution in [1.82, 2.24) is 5.31 Å². The molecular formula is C12H14N2O3. The smallest absolute Gasteiger partial charge is 0.303 e. The molecule has 17 heavy (non-hydrogen) atoms. The number of amidine groups is 1. The molecule has 2 aliphatic heterocycles. The molecule has 0 amide bonds. The molecule has 0 spiro atoms. The normalized spacial score (nSPS) is 48.5. The summed E-state index contributed by atoms with van der Waals surface area (Å²) in [4.78, 5) is 3.30. The zero-order valence-corrected chi connectivity index (χ0v) is 8.12. The number of para-hydroxylation sites is 2. The molecule has 0 fully saturated rings. The van der Waals surface area contributed by atoms with E-state index in [-0.39, 0.29) is 5.31 Å². The van der Waals surface area contributed by atoms with Gasteiger partial charge >= 0.3 is 5.79 Å². The Labute approximate surface area is 119 Å². The monoisotopic (exact) mass is 262 g/mol. The molecule has 90 valence electrons. The SMILES string of the molecule is [3H]c1c([3H])c([3H])c2c(c1[3H])OC([3H])([3H])C(OC([3H])([3H])[3H])(C1=NC([3H])([3H])C([3H])([3H])N1[3H])O2. The lowest BCUT2D eigenvalue weighted by Gasteiger charge is -2.36. The van der Waals surface area contributed by atoms with Gasteiger partial charge in [0.15, 0.2) is 25.3 Å². The number of nitrogens with one attached hydrogen (secondary N) is 1. The van der Waals surface area contributed by atoms with Crippen LogP contribution in [-0.2, 0) is 4.74 Å². The van der Waals surface area contributed by atoms with Crippen molar-refractivity contribution in [2.24, 2.45) is 4.99 Å². The average molecular weight is 262 g/mol. The van der Waals surface area contributed by atoms with Crippen molar-refractivity contribution in [2.75, 3.05) is 26.6 Å². The molecule has 1 N–H and O–H groups in total. The first kappa shape index (κ1) is 3.17. The Balaban J connectivity index is 2.35. The van der Waals surface area contributed by atoms with Gasteiger partial charge in [0, 0.05) is 13.5 Å². The van der Waals surface area contributed by atoms with Crippen LogP contribution < -0.4 is 14.8 Å². The van der Waals surface area contributed by atoms with Crippen molar-refractivity contribution in [3.05, 3.63) is 24.2 Å². The second kappa shape index (κ2) is 3.92. The van der Waals surface area contributed by atoms with Gasteiger partial charge in [0.05, 0.1) is 24.3 Å². The third kappa shape index (κ3) is 1.63. The second-order valence-electron chi connectivity index (χ2n) is 2.95. The first-order valence-corrected chi connectivity index (χ1v) is 4.37. The molecular weight excluding hydrogens is 220 g/mol. The van der Waals surface area contributed by atoms with Gasteiger partial charge in [-0.1, -0.05) is 12.1 Å². The van der Waals surface area contributed by atoms with Crippen LogP contribution in [0, 0.1) is 0 Å². The maximum absolute atomic E-state index is 8.20. The molecule has 0 saturated heterocycles. The maximum atomic E-state index is 8.20. The predicted molar refractivity (Wildman–Crippen MR) is 62.6 cm³/mol. The van der Waals surface area contributed by atoms with Crippen molar-refractivity contribution >= 4 is 5.84 Å². The van der Waals surface area contributed by atoms with E-state index in [1.165, 1.54) is 0 Å². The molecule has 1 aromatic carbocycles. The fraction of sp³-hybridized carbons (Fsp3) is 0.417. The van der Waals surface area contributed by atoms with Gasteiger partial charge in [-0.2, -0.15) is 0 Å². The van der Waals surface area contributed by atoms with Crippen molar-refractivity contribution < 1.29 is 33.4 Å². The minimum atomic E-state index is -3.50. The second-order valence-corrected chi connectivity index (χ2v) is 2.95. The summed E-state index contributed by atoms with van der Waals surface area (Å²) in [6, 6.07) is -3.42. The van der Waals surface area contributed by atoms with Crippen LogP contribution in [0.2, 0.25) is 1.41 Å². The van der Waals surface area contributed by atoms with Crippen LogP contribution in [0.5, 0.6) is 11.5 Å². The summed E-state index contributed by atoms with van der Waals surface area (Å²) in [7, 11) is -3.50. The highest BCUT2D eigenvalue weighted by atomic mass is 16.7. The standard InChI is InChI=1S/C12H14N2O3/c1-15-12(11-13-6-7-14-11)8-16-9-4-2-3-5-10(9)17-12/h2-5H,6-8H2,1H3,(H,13,14)/i1T3,2T,3T,4T,5T,6T2,7T2,8T2/hT. The number of hydrogen-bond donors (Lipinski definition) is 1. The van der Waals surface area contributed by atoms with E-state index in [0.717, 1.165) is 0 Å². The molecule has 3 rings (SSSR count). The summed E-state index contributed by atoms with van der Waals surface area (Å²) in [5, 5.41) is -0.267. The highest BCUT2D eigenvalue weighted by Crippen LogP contribution is 2.35. The van der Waals surface area contributed by atoms with Gasteiger partial charge in [-0.15, -0.1) is 0 Å². The number of aliphatic imine (C=N–C) groups is 1. The lowest BCUT2D eigenvalue weighted by atomic mass is 10.2. The fourth-order valence-electron chi connectivity index (χ4n) is 1.22. The van der Waals surface area contributed by atoms with E-state index in [0.29, 0.717) is 0 Å². The van der Waals surface area contributed by atoms with Gasteiger partial charge in [-0.25, -0.2) is 0 Å². The van der Waals surface area contributed by atoms with Crippen LogP contribution >= 0.6 is 0 Å². The highest BCUT2D eigenvalue weighted by molar-refractivity contribution is 5.91. The van der Waals surface area contributed by atoms with Gasteiger partial charge in [-0.3, -0.25) is 4.99 Å². The Kier molecular flexibility index (Phi) is 0.732. The largest absolute Gasteiger partial charge is 0.482 e. The third-order valence-electron chi connectivity index (χ3n) is 1.97. The first-order chi connectivity index (χ1) is 13.8. The zero-order chi connectivity index (χ0) is 23.9. The lowest BCUT2D eigenvalue weighted by molar-refractivity contribution is -0.145. The molecule has 5 heteroatoms. The molecule has 5 nitrogen and oxygen atoms in total. The molecule has 2 heterocycles. The molecule has 0 bridgehead atoms. The highest BCUT2D eigenvalue weighted by Gasteiger charge is 2.44. The Bertz CT molecular complexity index is 977. The fourth-order valence-corrected chi connectivity index (χ4v) is 1.22. The van der Waals surface area contributed by atoms with Gasteiger partial charge in [-0.05, 0) is 12.1 Å². The van der Waals surface area contributed by atoms with Crippen LogP contribution in [0.4, 0.5) is 0 Å². The number of nitrogens with zero attached hydrogens (tertiary/aromatic N) is 1. The van der Waals surface area contributed by atoms with Crippen molar-refractivity contribution in [3.8, 4) is 11.5 Å². The minimum absolute atomic E-state index is 0.267. The number of rotatable bonds is 2. The summed E-state index contributed by atoms with van der Waals surface area (Å²) < 4.78 is 124. The summed E-state index contributed by atoms with van der Waals surface area (Å²) >= 11 is 0. The molecule has 1 unspecified atom stereocenters. The average Bonchev–Trinajstić information content (AvgIpc) is 2.77. The molecule has 0 radical (unpaired) electrons. The van der Waals surface area contributed by atoms with E-state index in [1.807, 2.05) is 0 Å². The van der Waals surface area contributed by atoms with E-state index >= 15 is 0 Å². The van der Waals surface area contributed by atoms with E-state index < -0.39 is 73.9 Å². The summed E-state index contributed by atoms with van der Waals surface area (Å²) in [6.07, 6.45) is 0. The Morgan fingerprint density at radius 1 is 1.65 bits per heavy atom. The van der Waals surface area contributed by atoms with Gasteiger partial charge in [0.25, 0.3) is 0 Å². The Morgan fingerprint density at radius 2 is 2.53 bits per heavy atom. The topological polar surface area (TPSA) is 52.1 Å². The van der Waals surface area contributed by atoms with Crippen molar-refractivity contribution in [2.45, 2.75) is 5.79 Å². The van der Waals surface area contributed by atoms with Crippen LogP contribution in [0.3, 0.4) is 0 Å². The molecule has 0 aliphatic carbocycles. The quantitative estimate of drug-likeness (QED) is 0.856. The molecule has 1 atom stereocenters. The number of ether oxygens (including phenoxy) is 3. The number of hydrogen-bond acceptors (Lipinski definition) is 5. The minimum Gasteiger partial charge on any atom is -0.482 e. The summed E-state index contributed by atoms with van der Waals surface area (Å²) in [6.45, 7) is -9.88. The Morgan fingerprint density at radius 3 is 3.29 bits per heavy atom. The number of methoxy groups -OCH3 is 1. The summed E-state index contributed by atoms with van der Waals surface area (Å²) in [5.74, 6) is -6.49. The number of fused-ring (bicyclic) bond motifs is 1. The van der Waals surface area contributed by atoms with Crippen LogP contribution in [0.15, 0.2) is 29.2 Å². The third-order valence-corrected chi connectivity index (χ3v) is 1.97. The molecule has 2 aliphatic rings. The zero-order valence-electron chi connectivity index (χ0n) is 22.1. The van der Waals surface area contributed by atoms with E-state index in [4.69, 9.17) is 33.4 Å². The summed E-state index contributed by atoms with van der Waals surface area (Å²) in [5.41, 5.74) is 0.